The summed E-state index contributed by atoms with van der Waals surface area (Å²) in [5, 5.41) is 21.3. The number of rotatable bonds is 9. The molecule has 0 fully saturated rings. The van der Waals surface area contributed by atoms with Crippen LogP contribution in [0.4, 0.5) is 43.9 Å². The fourth-order valence-corrected chi connectivity index (χ4v) is 4.06. The minimum absolute atomic E-state index is 0.0548. The van der Waals surface area contributed by atoms with Gasteiger partial charge in [-0.2, -0.15) is 48.6 Å². The first-order valence-electron chi connectivity index (χ1n) is 11.1. The third-order valence-corrected chi connectivity index (χ3v) is 6.03. The molecule has 3 aromatic rings. The highest BCUT2D eigenvalue weighted by Gasteiger charge is 2.71. The lowest BCUT2D eigenvalue weighted by Gasteiger charge is -2.33. The molecule has 0 saturated carbocycles. The predicted molar refractivity (Wildman–Crippen MR) is 118 cm³/mol. The van der Waals surface area contributed by atoms with E-state index in [0.29, 0.717) is 28.0 Å². The van der Waals surface area contributed by atoms with Crippen molar-refractivity contribution < 1.29 is 63.2 Å². The van der Waals surface area contributed by atoms with Crippen molar-refractivity contribution in [2.24, 2.45) is 0 Å². The average molecular weight is 587 g/mol. The zero-order chi connectivity index (χ0) is 30.0. The number of ether oxygens (including phenoxy) is 2. The van der Waals surface area contributed by atoms with Crippen LogP contribution in [-0.2, 0) is 12.0 Å². The number of aryl methyl sites for hydroxylation is 1. The highest BCUT2D eigenvalue weighted by molar-refractivity contribution is 5.47. The number of aromatic nitrogens is 1. The summed E-state index contributed by atoms with van der Waals surface area (Å²) in [4.78, 5) is 0. The number of halogens is 10. The van der Waals surface area contributed by atoms with Gasteiger partial charge in [0.2, 0.25) is 0 Å². The van der Waals surface area contributed by atoms with Gasteiger partial charge in [0, 0.05) is 23.1 Å². The van der Waals surface area contributed by atoms with E-state index in [9.17, 15) is 54.2 Å². The Kier molecular flexibility index (Phi) is 8.77. The van der Waals surface area contributed by atoms with Crippen LogP contribution in [0.3, 0.4) is 0 Å². The zero-order valence-corrected chi connectivity index (χ0v) is 20.1. The lowest BCUT2D eigenvalue weighted by Crippen LogP contribution is -2.53. The molecule has 1 N–H and O–H groups in total. The molecular formula is C25H19F10NO4. The van der Waals surface area contributed by atoms with Crippen LogP contribution in [0.15, 0.2) is 60.9 Å². The molecule has 0 bridgehead atoms. The number of alkyl halides is 10. The number of hydrogen-bond acceptors (Lipinski definition) is 4. The van der Waals surface area contributed by atoms with Gasteiger partial charge in [-0.1, -0.05) is 30.3 Å². The lowest BCUT2D eigenvalue weighted by molar-refractivity contribution is -0.605. The molecule has 2 aromatic carbocycles. The van der Waals surface area contributed by atoms with Crippen molar-refractivity contribution in [2.75, 3.05) is 0 Å². The summed E-state index contributed by atoms with van der Waals surface area (Å²) in [6.07, 6.45) is -10.0. The van der Waals surface area contributed by atoms with Crippen LogP contribution in [0.25, 0.3) is 0 Å². The Hall–Kier alpha value is -3.75. The molecule has 15 heteroatoms. The van der Waals surface area contributed by atoms with E-state index in [1.807, 2.05) is 0 Å². The highest BCUT2D eigenvalue weighted by Crippen LogP contribution is 2.50. The Morgan fingerprint density at radius 1 is 0.800 bits per heavy atom. The van der Waals surface area contributed by atoms with Crippen molar-refractivity contribution in [2.45, 2.75) is 50.4 Å². The summed E-state index contributed by atoms with van der Waals surface area (Å²) in [6, 6.07) is 6.92. The van der Waals surface area contributed by atoms with Gasteiger partial charge in [0.15, 0.2) is 23.9 Å². The second-order valence-corrected chi connectivity index (χ2v) is 8.56. The largest absolute Gasteiger partial charge is 0.619 e. The van der Waals surface area contributed by atoms with Gasteiger partial charge < -0.3 is 19.8 Å². The number of benzene rings is 2. The fourth-order valence-electron chi connectivity index (χ4n) is 4.06. The summed E-state index contributed by atoms with van der Waals surface area (Å²) >= 11 is 0. The van der Waals surface area contributed by atoms with Gasteiger partial charge >= 0.3 is 25.6 Å². The Bertz CT molecular complexity index is 1300. The molecule has 1 atom stereocenters. The normalized spacial score (nSPS) is 13.6. The Morgan fingerprint density at radius 3 is 1.82 bits per heavy atom. The number of aliphatic hydroxyl groups is 1. The monoisotopic (exact) mass is 587 g/mol. The topological polar surface area (TPSA) is 65.6 Å². The van der Waals surface area contributed by atoms with E-state index < -0.39 is 54.2 Å². The molecule has 0 amide bonds. The molecule has 0 spiro atoms. The molecule has 0 aliphatic carbocycles. The molecule has 0 aliphatic heterocycles. The molecule has 1 aromatic heterocycles. The van der Waals surface area contributed by atoms with Crippen molar-refractivity contribution in [3.63, 3.8) is 0 Å². The third kappa shape index (κ3) is 6.51. The first-order valence-corrected chi connectivity index (χ1v) is 11.1. The number of pyridine rings is 1. The fraction of sp³-hybridized carbons (Fsp3) is 0.320. The van der Waals surface area contributed by atoms with Crippen molar-refractivity contribution in [1.29, 1.82) is 0 Å². The van der Waals surface area contributed by atoms with E-state index in [4.69, 9.17) is 0 Å². The second-order valence-electron chi connectivity index (χ2n) is 8.56. The molecule has 0 saturated heterocycles. The lowest BCUT2D eigenvalue weighted by atomic mass is 9.83. The van der Waals surface area contributed by atoms with Crippen molar-refractivity contribution in [3.05, 3.63) is 93.9 Å². The van der Waals surface area contributed by atoms with E-state index in [0.717, 1.165) is 30.5 Å². The quantitative estimate of drug-likeness (QED) is 0.176. The molecule has 40 heavy (non-hydrogen) atoms. The maximum absolute atomic E-state index is 13.3. The van der Waals surface area contributed by atoms with Gasteiger partial charge in [0.25, 0.3) is 5.60 Å². The van der Waals surface area contributed by atoms with Gasteiger partial charge in [-0.15, -0.1) is 0 Å². The van der Waals surface area contributed by atoms with Gasteiger partial charge in [-0.05, 0) is 42.2 Å². The van der Waals surface area contributed by atoms with E-state index in [2.05, 4.69) is 9.47 Å². The van der Waals surface area contributed by atoms with Crippen molar-refractivity contribution in [3.8, 4) is 11.5 Å². The Balaban J connectivity index is 2.15. The Labute approximate surface area is 219 Å². The predicted octanol–water partition coefficient (Wildman–Crippen LogP) is 6.52. The number of hydrogen-bond donors (Lipinski definition) is 1. The molecule has 3 rings (SSSR count). The van der Waals surface area contributed by atoms with Crippen molar-refractivity contribution in [1.82, 2.24) is 0 Å². The minimum atomic E-state index is -6.12. The second kappa shape index (κ2) is 11.4. The molecule has 5 nitrogen and oxygen atoms in total. The van der Waals surface area contributed by atoms with E-state index in [1.165, 1.54) is 18.3 Å². The molecule has 0 radical (unpaired) electrons. The van der Waals surface area contributed by atoms with Gasteiger partial charge in [0.05, 0.1) is 0 Å². The van der Waals surface area contributed by atoms with Gasteiger partial charge in [-0.25, -0.2) is 0 Å². The van der Waals surface area contributed by atoms with E-state index in [1.54, 1.807) is 6.92 Å². The third-order valence-electron chi connectivity index (χ3n) is 6.03. The van der Waals surface area contributed by atoms with Crippen LogP contribution in [-0.4, -0.2) is 30.7 Å². The van der Waals surface area contributed by atoms with E-state index >= 15 is 0 Å². The molecule has 1 heterocycles. The first-order chi connectivity index (χ1) is 18.4. The van der Waals surface area contributed by atoms with Gasteiger partial charge in [0.1, 0.15) is 0 Å². The SMILES string of the molecule is Cc1c[n+]([O-])ccc1C[C@H](c1ccc(C(O)(C(F)(F)F)C(F)(F)F)cc1)c1ccc(OC(F)F)c(OC(F)F)c1. The van der Waals surface area contributed by atoms with Crippen LogP contribution < -0.4 is 14.2 Å². The van der Waals surface area contributed by atoms with Crippen LogP contribution in [0.1, 0.15) is 33.7 Å². The smallest absolute Gasteiger partial charge is 0.430 e. The molecule has 0 unspecified atom stereocenters. The molecular weight excluding hydrogens is 568 g/mol. The van der Waals surface area contributed by atoms with Gasteiger partial charge in [-0.3, -0.25) is 0 Å². The van der Waals surface area contributed by atoms with Crippen LogP contribution in [0, 0.1) is 12.1 Å². The van der Waals surface area contributed by atoms with Crippen LogP contribution in [0.5, 0.6) is 11.5 Å². The maximum Gasteiger partial charge on any atom is 0.430 e. The zero-order valence-electron chi connectivity index (χ0n) is 20.1. The summed E-state index contributed by atoms with van der Waals surface area (Å²) in [6.45, 7) is -5.32. The van der Waals surface area contributed by atoms with E-state index in [-0.39, 0.29) is 17.5 Å². The standard InChI is InChI=1S/C25H19F10NO4/c1-13-12-36(38)9-8-15(13)10-18(16-4-7-19(39-21(26)27)20(11-16)40-22(28)29)14-2-5-17(6-3-14)23(37,24(30,31)32)25(33,34)35/h2-9,11-12,18,21-22,37H,10H2,1H3/t18-/m1/s1. The van der Waals surface area contributed by atoms with Crippen molar-refractivity contribution >= 4 is 0 Å². The first kappa shape index (κ1) is 30.8. The Morgan fingerprint density at radius 2 is 1.32 bits per heavy atom. The molecule has 218 valence electrons. The number of nitrogens with zero attached hydrogens (tertiary/aromatic N) is 1. The summed E-state index contributed by atoms with van der Waals surface area (Å²) in [7, 11) is 0. The summed E-state index contributed by atoms with van der Waals surface area (Å²) in [5.41, 5.74) is -5.67. The summed E-state index contributed by atoms with van der Waals surface area (Å²) < 4.78 is 140. The van der Waals surface area contributed by atoms with Crippen LogP contribution in [0.2, 0.25) is 0 Å². The minimum Gasteiger partial charge on any atom is -0.619 e. The maximum atomic E-state index is 13.3. The average Bonchev–Trinajstić information content (AvgIpc) is 2.82. The molecule has 0 aliphatic rings. The van der Waals surface area contributed by atoms with Crippen LogP contribution >= 0.6 is 0 Å². The summed E-state index contributed by atoms with van der Waals surface area (Å²) in [5.74, 6) is -2.56. The highest BCUT2D eigenvalue weighted by atomic mass is 19.4.